The summed E-state index contributed by atoms with van der Waals surface area (Å²) in [7, 11) is 0. The quantitative estimate of drug-likeness (QED) is 0.795. The van der Waals surface area contributed by atoms with E-state index in [1.165, 1.54) is 27.5 Å². The van der Waals surface area contributed by atoms with Crippen molar-refractivity contribution in [2.75, 3.05) is 13.1 Å². The number of hydrogen-bond acceptors (Lipinski definition) is 2. The van der Waals surface area contributed by atoms with Gasteiger partial charge in [0.1, 0.15) is 0 Å². The smallest absolute Gasteiger partial charge is 0.248 e. The number of fused-ring (bicyclic) bond motifs is 2. The summed E-state index contributed by atoms with van der Waals surface area (Å²) in [4.78, 5) is 13.8. The van der Waals surface area contributed by atoms with Crippen molar-refractivity contribution >= 4 is 16.7 Å². The molecule has 0 saturated heterocycles. The monoisotopic (exact) mass is 330 g/mol. The molecule has 0 aromatic heterocycles. The first-order valence-corrected chi connectivity index (χ1v) is 8.81. The van der Waals surface area contributed by atoms with Crippen molar-refractivity contribution in [1.29, 1.82) is 0 Å². The van der Waals surface area contributed by atoms with Gasteiger partial charge in [-0.3, -0.25) is 9.69 Å². The fourth-order valence-electron chi connectivity index (χ4n) is 3.74. The van der Waals surface area contributed by atoms with Crippen molar-refractivity contribution < 1.29 is 4.79 Å². The summed E-state index contributed by atoms with van der Waals surface area (Å²) in [6, 6.07) is 21.0. The Morgan fingerprint density at radius 2 is 1.84 bits per heavy atom. The molecule has 0 atom stereocenters. The fraction of sp³-hybridized carbons (Fsp3) is 0.227. The van der Waals surface area contributed by atoms with E-state index in [2.05, 4.69) is 53.4 Å². The van der Waals surface area contributed by atoms with Gasteiger partial charge < -0.3 is 5.73 Å². The van der Waals surface area contributed by atoms with E-state index in [4.69, 9.17) is 5.73 Å². The van der Waals surface area contributed by atoms with Crippen LogP contribution in [0.1, 0.15) is 27.0 Å². The zero-order valence-corrected chi connectivity index (χ0v) is 14.2. The molecule has 25 heavy (non-hydrogen) atoms. The maximum atomic E-state index is 11.3. The van der Waals surface area contributed by atoms with Gasteiger partial charge in [-0.2, -0.15) is 0 Å². The highest BCUT2D eigenvalue weighted by molar-refractivity contribution is 5.93. The molecule has 0 spiro atoms. The molecule has 1 aliphatic heterocycles. The van der Waals surface area contributed by atoms with Gasteiger partial charge in [0.15, 0.2) is 0 Å². The highest BCUT2D eigenvalue weighted by Gasteiger charge is 2.17. The van der Waals surface area contributed by atoms with Crippen molar-refractivity contribution in [2.45, 2.75) is 19.4 Å². The van der Waals surface area contributed by atoms with Gasteiger partial charge in [-0.25, -0.2) is 0 Å². The van der Waals surface area contributed by atoms with Gasteiger partial charge in [0.25, 0.3) is 0 Å². The lowest BCUT2D eigenvalue weighted by Gasteiger charge is -2.29. The zero-order valence-electron chi connectivity index (χ0n) is 14.2. The Hall–Kier alpha value is -2.65. The SMILES string of the molecule is NC(=O)c1ccc2c(c1)CCN(CCc1cccc3ccccc13)C2. The lowest BCUT2D eigenvalue weighted by molar-refractivity contribution is 0.1000. The fourth-order valence-corrected chi connectivity index (χ4v) is 3.74. The van der Waals surface area contributed by atoms with Crippen LogP contribution >= 0.6 is 0 Å². The molecule has 0 radical (unpaired) electrons. The second-order valence-electron chi connectivity index (χ2n) is 6.76. The van der Waals surface area contributed by atoms with Crippen molar-refractivity contribution in [1.82, 2.24) is 4.90 Å². The van der Waals surface area contributed by atoms with Crippen LogP contribution in [0.5, 0.6) is 0 Å². The number of carbonyl (C=O) groups excluding carboxylic acids is 1. The Labute approximate surface area is 148 Å². The van der Waals surface area contributed by atoms with E-state index >= 15 is 0 Å². The molecule has 2 N–H and O–H groups in total. The van der Waals surface area contributed by atoms with Gasteiger partial charge >= 0.3 is 0 Å². The van der Waals surface area contributed by atoms with Crippen LogP contribution in [0.3, 0.4) is 0 Å². The Kier molecular flexibility index (Phi) is 4.24. The van der Waals surface area contributed by atoms with E-state index in [0.29, 0.717) is 5.56 Å². The summed E-state index contributed by atoms with van der Waals surface area (Å²) in [6.07, 6.45) is 2.03. The lowest BCUT2D eigenvalue weighted by Crippen LogP contribution is -2.32. The normalized spacial score (nSPS) is 14.4. The van der Waals surface area contributed by atoms with Gasteiger partial charge in [0.2, 0.25) is 5.91 Å². The summed E-state index contributed by atoms with van der Waals surface area (Å²) >= 11 is 0. The van der Waals surface area contributed by atoms with Crippen LogP contribution in [0.4, 0.5) is 0 Å². The van der Waals surface area contributed by atoms with Gasteiger partial charge in [-0.05, 0) is 52.4 Å². The number of nitrogens with zero attached hydrogens (tertiary/aromatic N) is 1. The summed E-state index contributed by atoms with van der Waals surface area (Å²) < 4.78 is 0. The Morgan fingerprint density at radius 3 is 2.72 bits per heavy atom. The first-order valence-electron chi connectivity index (χ1n) is 8.81. The van der Waals surface area contributed by atoms with Crippen molar-refractivity contribution in [2.24, 2.45) is 5.73 Å². The van der Waals surface area contributed by atoms with Crippen LogP contribution < -0.4 is 5.73 Å². The molecule has 0 aliphatic carbocycles. The Bertz CT molecular complexity index is 927. The van der Waals surface area contributed by atoms with Gasteiger partial charge in [0, 0.05) is 25.2 Å². The van der Waals surface area contributed by atoms with Crippen LogP contribution in [0.25, 0.3) is 10.8 Å². The van der Waals surface area contributed by atoms with Crippen molar-refractivity contribution in [3.63, 3.8) is 0 Å². The minimum absolute atomic E-state index is 0.346. The third-order valence-corrected chi connectivity index (χ3v) is 5.16. The number of hydrogen-bond donors (Lipinski definition) is 1. The molecule has 1 amide bonds. The van der Waals surface area contributed by atoms with E-state index in [-0.39, 0.29) is 5.91 Å². The minimum atomic E-state index is -0.346. The lowest BCUT2D eigenvalue weighted by atomic mass is 9.96. The summed E-state index contributed by atoms with van der Waals surface area (Å²) in [5.41, 5.74) is 9.98. The average molecular weight is 330 g/mol. The molecule has 126 valence electrons. The molecule has 1 aliphatic rings. The van der Waals surface area contributed by atoms with E-state index in [0.717, 1.165) is 32.5 Å². The van der Waals surface area contributed by atoms with Crippen LogP contribution in [0.15, 0.2) is 60.7 Å². The molecule has 0 unspecified atom stereocenters. The molecule has 3 aromatic carbocycles. The minimum Gasteiger partial charge on any atom is -0.366 e. The molecule has 4 rings (SSSR count). The van der Waals surface area contributed by atoms with Gasteiger partial charge in [0.05, 0.1) is 0 Å². The van der Waals surface area contributed by atoms with Crippen LogP contribution in [-0.2, 0) is 19.4 Å². The van der Waals surface area contributed by atoms with E-state index < -0.39 is 0 Å². The molecular formula is C22H22N2O. The van der Waals surface area contributed by atoms with Crippen molar-refractivity contribution in [3.8, 4) is 0 Å². The third-order valence-electron chi connectivity index (χ3n) is 5.16. The van der Waals surface area contributed by atoms with E-state index in [1.54, 1.807) is 0 Å². The molecule has 0 saturated carbocycles. The maximum Gasteiger partial charge on any atom is 0.248 e. The first-order chi connectivity index (χ1) is 12.2. The number of benzene rings is 3. The highest BCUT2D eigenvalue weighted by atomic mass is 16.1. The molecule has 3 aromatic rings. The number of primary amides is 1. The van der Waals surface area contributed by atoms with E-state index in [1.807, 2.05) is 12.1 Å². The molecule has 0 fully saturated rings. The Morgan fingerprint density at radius 1 is 1.00 bits per heavy atom. The number of amides is 1. The zero-order chi connectivity index (χ0) is 17.2. The van der Waals surface area contributed by atoms with Crippen LogP contribution in [0, 0.1) is 0 Å². The third kappa shape index (κ3) is 3.28. The average Bonchev–Trinajstić information content (AvgIpc) is 2.65. The first kappa shape index (κ1) is 15.9. The van der Waals surface area contributed by atoms with Crippen LogP contribution in [-0.4, -0.2) is 23.9 Å². The van der Waals surface area contributed by atoms with Crippen LogP contribution in [0.2, 0.25) is 0 Å². The second-order valence-corrected chi connectivity index (χ2v) is 6.76. The Balaban J connectivity index is 1.47. The highest BCUT2D eigenvalue weighted by Crippen LogP contribution is 2.22. The van der Waals surface area contributed by atoms with E-state index in [9.17, 15) is 4.79 Å². The molecule has 3 heteroatoms. The topological polar surface area (TPSA) is 46.3 Å². The largest absolute Gasteiger partial charge is 0.366 e. The summed E-state index contributed by atoms with van der Waals surface area (Å²) in [6.45, 7) is 3.02. The van der Waals surface area contributed by atoms with Crippen molar-refractivity contribution in [3.05, 3.63) is 82.9 Å². The molecular weight excluding hydrogens is 308 g/mol. The number of carbonyl (C=O) groups is 1. The predicted molar refractivity (Wildman–Crippen MR) is 102 cm³/mol. The number of rotatable bonds is 4. The molecule has 0 bridgehead atoms. The summed E-state index contributed by atoms with van der Waals surface area (Å²) in [5.74, 6) is -0.346. The molecule has 1 heterocycles. The standard InChI is InChI=1S/C22H22N2O/c23-22(25)19-8-9-20-15-24(13-11-18(20)14-19)12-10-17-6-3-5-16-4-1-2-7-21(16)17/h1-9,14H,10-13,15H2,(H2,23,25). The number of nitrogens with two attached hydrogens (primary N) is 1. The predicted octanol–water partition coefficient (Wildman–Crippen LogP) is 3.54. The molecule has 3 nitrogen and oxygen atoms in total. The summed E-state index contributed by atoms with van der Waals surface area (Å²) in [5, 5.41) is 2.66. The second kappa shape index (κ2) is 6.69. The van der Waals surface area contributed by atoms with Gasteiger partial charge in [-0.1, -0.05) is 48.5 Å². The van der Waals surface area contributed by atoms with Gasteiger partial charge in [-0.15, -0.1) is 0 Å². The maximum absolute atomic E-state index is 11.3.